The van der Waals surface area contributed by atoms with Crippen molar-refractivity contribution < 1.29 is 4.79 Å². The summed E-state index contributed by atoms with van der Waals surface area (Å²) < 4.78 is 0. The quantitative estimate of drug-likeness (QED) is 0.630. The van der Waals surface area contributed by atoms with E-state index in [-0.39, 0.29) is 11.9 Å². The first-order valence-corrected chi connectivity index (χ1v) is 5.00. The molecule has 1 aliphatic heterocycles. The number of pyridine rings is 1. The van der Waals surface area contributed by atoms with Gasteiger partial charge in [0.05, 0.1) is 6.54 Å². The monoisotopic (exact) mass is 219 g/mol. The van der Waals surface area contributed by atoms with Crippen LogP contribution in [0.15, 0.2) is 29.4 Å². The van der Waals surface area contributed by atoms with Crippen LogP contribution in [0.5, 0.6) is 0 Å². The Labute approximate surface area is 93.2 Å². The lowest BCUT2D eigenvalue weighted by atomic mass is 10.2. The molecule has 0 bridgehead atoms. The first kappa shape index (κ1) is 10.6. The van der Waals surface area contributed by atoms with Gasteiger partial charge in [-0.25, -0.2) is 4.98 Å². The van der Waals surface area contributed by atoms with Crippen molar-refractivity contribution in [3.8, 4) is 0 Å². The molecule has 6 heteroatoms. The average Bonchev–Trinajstić information content (AvgIpc) is 2.31. The fourth-order valence-corrected chi connectivity index (χ4v) is 1.36. The highest BCUT2D eigenvalue weighted by Crippen LogP contribution is 2.01. The summed E-state index contributed by atoms with van der Waals surface area (Å²) in [6.07, 6.45) is 1.67. The van der Waals surface area contributed by atoms with Crippen molar-refractivity contribution in [2.24, 2.45) is 4.99 Å². The highest BCUT2D eigenvalue weighted by molar-refractivity contribution is 6.06. The standard InChI is InChI=1S/C10H13N5O/c1-11-7-6-13-10(15-9(7)16)14-8-4-2-3-5-12-8/h2-5,7,11H,6H2,1H3,(H2,12,13,14,15,16). The van der Waals surface area contributed by atoms with Crippen LogP contribution in [0.4, 0.5) is 5.82 Å². The molecule has 0 aliphatic carbocycles. The molecule has 0 radical (unpaired) electrons. The lowest BCUT2D eigenvalue weighted by Gasteiger charge is -2.21. The summed E-state index contributed by atoms with van der Waals surface area (Å²) in [4.78, 5) is 19.8. The molecule has 1 aliphatic rings. The van der Waals surface area contributed by atoms with Gasteiger partial charge < -0.3 is 10.6 Å². The first-order valence-electron chi connectivity index (χ1n) is 5.00. The summed E-state index contributed by atoms with van der Waals surface area (Å²) in [5.41, 5.74) is 0. The maximum absolute atomic E-state index is 11.5. The van der Waals surface area contributed by atoms with E-state index in [1.165, 1.54) is 0 Å². The fourth-order valence-electron chi connectivity index (χ4n) is 1.36. The molecule has 0 aromatic carbocycles. The van der Waals surface area contributed by atoms with E-state index in [0.717, 1.165) is 0 Å². The molecule has 2 rings (SSSR count). The van der Waals surface area contributed by atoms with Gasteiger partial charge in [0.15, 0.2) is 0 Å². The van der Waals surface area contributed by atoms with E-state index in [0.29, 0.717) is 18.3 Å². The normalized spacial score (nSPS) is 19.9. The Balaban J connectivity index is 2.02. The van der Waals surface area contributed by atoms with Crippen LogP contribution >= 0.6 is 0 Å². The van der Waals surface area contributed by atoms with Crippen molar-refractivity contribution in [1.82, 2.24) is 15.6 Å². The molecule has 0 fully saturated rings. The van der Waals surface area contributed by atoms with E-state index in [1.807, 2.05) is 12.1 Å². The van der Waals surface area contributed by atoms with Crippen molar-refractivity contribution >= 4 is 17.7 Å². The minimum Gasteiger partial charge on any atom is -0.311 e. The molecule has 16 heavy (non-hydrogen) atoms. The van der Waals surface area contributed by atoms with Gasteiger partial charge in [0, 0.05) is 6.20 Å². The van der Waals surface area contributed by atoms with Crippen molar-refractivity contribution in [3.63, 3.8) is 0 Å². The van der Waals surface area contributed by atoms with E-state index >= 15 is 0 Å². The second kappa shape index (κ2) is 4.71. The van der Waals surface area contributed by atoms with Gasteiger partial charge in [0.2, 0.25) is 11.9 Å². The molecule has 1 atom stereocenters. The average molecular weight is 219 g/mol. The second-order valence-corrected chi connectivity index (χ2v) is 3.36. The van der Waals surface area contributed by atoms with Gasteiger partial charge in [0.1, 0.15) is 11.9 Å². The number of guanidine groups is 1. The van der Waals surface area contributed by atoms with Crippen LogP contribution in [-0.2, 0) is 4.79 Å². The molecule has 0 saturated heterocycles. The highest BCUT2D eigenvalue weighted by atomic mass is 16.2. The zero-order chi connectivity index (χ0) is 11.4. The number of hydrogen-bond donors (Lipinski definition) is 3. The Kier molecular flexibility index (Phi) is 3.11. The fraction of sp³-hybridized carbons (Fsp3) is 0.300. The summed E-state index contributed by atoms with van der Waals surface area (Å²) in [7, 11) is 1.73. The Morgan fingerprint density at radius 3 is 3.00 bits per heavy atom. The largest absolute Gasteiger partial charge is 0.311 e. The molecule has 1 aromatic rings. The van der Waals surface area contributed by atoms with E-state index in [2.05, 4.69) is 25.9 Å². The zero-order valence-electron chi connectivity index (χ0n) is 8.90. The number of nitrogens with one attached hydrogen (secondary N) is 3. The summed E-state index contributed by atoms with van der Waals surface area (Å²) in [6, 6.07) is 5.23. The maximum Gasteiger partial charge on any atom is 0.245 e. The maximum atomic E-state index is 11.5. The predicted octanol–water partition coefficient (Wildman–Crippen LogP) is -0.433. The van der Waals surface area contributed by atoms with Gasteiger partial charge in [-0.1, -0.05) is 6.07 Å². The molecular formula is C10H13N5O. The van der Waals surface area contributed by atoms with Crippen molar-refractivity contribution in [3.05, 3.63) is 24.4 Å². The van der Waals surface area contributed by atoms with Crippen LogP contribution in [0, 0.1) is 0 Å². The van der Waals surface area contributed by atoms with Gasteiger partial charge in [0.25, 0.3) is 0 Å². The molecule has 2 heterocycles. The molecule has 0 saturated carbocycles. The minimum atomic E-state index is -0.255. The van der Waals surface area contributed by atoms with Crippen molar-refractivity contribution in [1.29, 1.82) is 0 Å². The first-order chi connectivity index (χ1) is 7.79. The number of carbonyl (C=O) groups is 1. The molecule has 1 amide bonds. The topological polar surface area (TPSA) is 78.4 Å². The molecule has 3 N–H and O–H groups in total. The molecule has 84 valence electrons. The third-order valence-electron chi connectivity index (χ3n) is 2.25. The third-order valence-corrected chi connectivity index (χ3v) is 2.25. The Hall–Kier alpha value is -1.95. The van der Waals surface area contributed by atoms with Gasteiger partial charge >= 0.3 is 0 Å². The number of likely N-dealkylation sites (N-methyl/N-ethyl adjacent to an activating group) is 1. The number of carbonyl (C=O) groups excluding carboxylic acids is 1. The third kappa shape index (κ3) is 2.34. The Bertz CT molecular complexity index is 403. The molecule has 1 aromatic heterocycles. The molecule has 1 unspecified atom stereocenters. The number of aromatic nitrogens is 1. The van der Waals surface area contributed by atoms with Crippen LogP contribution in [-0.4, -0.2) is 36.5 Å². The summed E-state index contributed by atoms with van der Waals surface area (Å²) in [5.74, 6) is 1.01. The van der Waals surface area contributed by atoms with Crippen LogP contribution in [0.3, 0.4) is 0 Å². The number of hydrogen-bond acceptors (Lipinski definition) is 5. The van der Waals surface area contributed by atoms with Crippen molar-refractivity contribution in [2.45, 2.75) is 6.04 Å². The van der Waals surface area contributed by atoms with Crippen LogP contribution < -0.4 is 16.0 Å². The van der Waals surface area contributed by atoms with E-state index < -0.39 is 0 Å². The SMILES string of the molecule is CNC1CN=C(Nc2ccccn2)NC1=O. The number of aliphatic imine (C=N–C) groups is 1. The number of nitrogens with zero attached hydrogens (tertiary/aromatic N) is 2. The van der Waals surface area contributed by atoms with Crippen molar-refractivity contribution in [2.75, 3.05) is 18.9 Å². The lowest BCUT2D eigenvalue weighted by molar-refractivity contribution is -0.121. The number of amides is 1. The summed E-state index contributed by atoms with van der Waals surface area (Å²) >= 11 is 0. The summed E-state index contributed by atoms with van der Waals surface area (Å²) in [6.45, 7) is 0.428. The predicted molar refractivity (Wildman–Crippen MR) is 61.2 cm³/mol. The zero-order valence-corrected chi connectivity index (χ0v) is 8.90. The molecular weight excluding hydrogens is 206 g/mol. The molecule has 0 spiro atoms. The molecule has 6 nitrogen and oxygen atoms in total. The second-order valence-electron chi connectivity index (χ2n) is 3.36. The van der Waals surface area contributed by atoms with E-state index in [4.69, 9.17) is 0 Å². The van der Waals surface area contributed by atoms with Crippen LogP contribution in [0.1, 0.15) is 0 Å². The number of anilines is 1. The van der Waals surface area contributed by atoms with Crippen LogP contribution in [0.2, 0.25) is 0 Å². The van der Waals surface area contributed by atoms with Crippen LogP contribution in [0.25, 0.3) is 0 Å². The van der Waals surface area contributed by atoms with Gasteiger partial charge in [-0.3, -0.25) is 15.1 Å². The summed E-state index contributed by atoms with van der Waals surface area (Å²) in [5, 5.41) is 8.47. The van der Waals surface area contributed by atoms with Gasteiger partial charge in [-0.05, 0) is 19.2 Å². The van der Waals surface area contributed by atoms with Gasteiger partial charge in [-0.15, -0.1) is 0 Å². The number of rotatable bonds is 2. The van der Waals surface area contributed by atoms with E-state index in [1.54, 1.807) is 19.3 Å². The lowest BCUT2D eigenvalue weighted by Crippen LogP contribution is -2.52. The smallest absolute Gasteiger partial charge is 0.245 e. The Morgan fingerprint density at radius 1 is 1.50 bits per heavy atom. The Morgan fingerprint density at radius 2 is 2.38 bits per heavy atom. The minimum absolute atomic E-state index is 0.0871. The van der Waals surface area contributed by atoms with Gasteiger partial charge in [-0.2, -0.15) is 0 Å². The van der Waals surface area contributed by atoms with E-state index in [9.17, 15) is 4.79 Å². The highest BCUT2D eigenvalue weighted by Gasteiger charge is 2.22.